The Kier molecular flexibility index (Phi) is 4.03. The van der Waals surface area contributed by atoms with Crippen LogP contribution in [-0.4, -0.2) is 38.8 Å². The second-order valence-electron chi connectivity index (χ2n) is 6.71. The molecule has 1 saturated heterocycles. The molecule has 3 aromatic rings. The fraction of sp³-hybridized carbons (Fsp3) is 0.421. The topological polar surface area (TPSA) is 55.5 Å². The molecule has 1 fully saturated rings. The van der Waals surface area contributed by atoms with Gasteiger partial charge in [0, 0.05) is 37.8 Å². The van der Waals surface area contributed by atoms with Gasteiger partial charge in [-0.15, -0.1) is 0 Å². The molecule has 4 heterocycles. The Morgan fingerprint density at radius 2 is 1.88 bits per heavy atom. The Morgan fingerprint density at radius 1 is 1.08 bits per heavy atom. The van der Waals surface area contributed by atoms with Crippen LogP contribution in [0.1, 0.15) is 29.9 Å². The standard InChI is InChI=1S/C19H23N5O/c1-13-6-11-24-18(13)19(21-15(3)22-24)23-9-7-16(8-10-23)25-17-5-4-14(2)20-12-17/h4-6,11-12,16H,7-10H2,1-3H3. The molecule has 130 valence electrons. The SMILES string of the molecule is Cc1ccc(OC2CCN(c3nc(C)nn4ccc(C)c34)CC2)cn1. The van der Waals surface area contributed by atoms with Crippen LogP contribution >= 0.6 is 0 Å². The molecule has 6 heteroatoms. The number of hydrogen-bond donors (Lipinski definition) is 0. The number of ether oxygens (including phenoxy) is 1. The number of piperidine rings is 1. The minimum Gasteiger partial charge on any atom is -0.489 e. The van der Waals surface area contributed by atoms with Gasteiger partial charge in [-0.2, -0.15) is 5.10 Å². The van der Waals surface area contributed by atoms with E-state index in [4.69, 9.17) is 9.72 Å². The molecule has 6 nitrogen and oxygen atoms in total. The summed E-state index contributed by atoms with van der Waals surface area (Å²) in [6.45, 7) is 7.90. The predicted molar refractivity (Wildman–Crippen MR) is 97.3 cm³/mol. The van der Waals surface area contributed by atoms with Crippen LogP contribution in [-0.2, 0) is 0 Å². The summed E-state index contributed by atoms with van der Waals surface area (Å²) < 4.78 is 8.03. The van der Waals surface area contributed by atoms with Gasteiger partial charge in [0.05, 0.1) is 6.20 Å². The van der Waals surface area contributed by atoms with E-state index in [1.54, 1.807) is 0 Å². The summed E-state index contributed by atoms with van der Waals surface area (Å²) >= 11 is 0. The molecule has 0 saturated carbocycles. The van der Waals surface area contributed by atoms with Crippen LogP contribution in [0.2, 0.25) is 0 Å². The van der Waals surface area contributed by atoms with Gasteiger partial charge < -0.3 is 9.64 Å². The van der Waals surface area contributed by atoms with Crippen LogP contribution in [0.25, 0.3) is 5.52 Å². The van der Waals surface area contributed by atoms with E-state index in [-0.39, 0.29) is 6.10 Å². The highest BCUT2D eigenvalue weighted by Gasteiger charge is 2.24. The van der Waals surface area contributed by atoms with Crippen LogP contribution in [0.3, 0.4) is 0 Å². The number of aryl methyl sites for hydroxylation is 3. The van der Waals surface area contributed by atoms with Crippen LogP contribution in [0, 0.1) is 20.8 Å². The van der Waals surface area contributed by atoms with Crippen LogP contribution < -0.4 is 9.64 Å². The van der Waals surface area contributed by atoms with Crippen LogP contribution in [0.15, 0.2) is 30.6 Å². The molecule has 0 aliphatic carbocycles. The molecule has 1 aliphatic rings. The van der Waals surface area contributed by atoms with Gasteiger partial charge in [-0.25, -0.2) is 9.50 Å². The molecule has 0 spiro atoms. The Hall–Kier alpha value is -2.63. The maximum Gasteiger partial charge on any atom is 0.157 e. The van der Waals surface area contributed by atoms with Gasteiger partial charge in [-0.1, -0.05) is 0 Å². The smallest absolute Gasteiger partial charge is 0.157 e. The van der Waals surface area contributed by atoms with Gasteiger partial charge in [-0.3, -0.25) is 4.98 Å². The number of nitrogens with zero attached hydrogens (tertiary/aromatic N) is 5. The summed E-state index contributed by atoms with van der Waals surface area (Å²) in [6.07, 6.45) is 5.99. The van der Waals surface area contributed by atoms with Gasteiger partial charge in [0.2, 0.25) is 0 Å². The number of pyridine rings is 1. The Morgan fingerprint density at radius 3 is 2.60 bits per heavy atom. The molecule has 0 bridgehead atoms. The predicted octanol–water partition coefficient (Wildman–Crippen LogP) is 3.10. The average molecular weight is 337 g/mol. The van der Waals surface area contributed by atoms with Gasteiger partial charge in [0.1, 0.15) is 23.2 Å². The zero-order chi connectivity index (χ0) is 17.4. The van der Waals surface area contributed by atoms with E-state index >= 15 is 0 Å². The highest BCUT2D eigenvalue weighted by molar-refractivity contribution is 5.73. The molecule has 0 atom stereocenters. The molecule has 0 radical (unpaired) electrons. The Balaban J connectivity index is 1.49. The summed E-state index contributed by atoms with van der Waals surface area (Å²) in [4.78, 5) is 11.4. The highest BCUT2D eigenvalue weighted by atomic mass is 16.5. The lowest BCUT2D eigenvalue weighted by Gasteiger charge is -2.33. The summed E-state index contributed by atoms with van der Waals surface area (Å²) in [7, 11) is 0. The monoisotopic (exact) mass is 337 g/mol. The van der Waals surface area contributed by atoms with Gasteiger partial charge >= 0.3 is 0 Å². The van der Waals surface area contributed by atoms with Crippen molar-refractivity contribution in [3.05, 3.63) is 47.7 Å². The van der Waals surface area contributed by atoms with Crippen LogP contribution in [0.5, 0.6) is 5.75 Å². The maximum absolute atomic E-state index is 6.09. The number of hydrogen-bond acceptors (Lipinski definition) is 5. The zero-order valence-electron chi connectivity index (χ0n) is 14.9. The first-order chi connectivity index (χ1) is 12.1. The van der Waals surface area contributed by atoms with E-state index in [2.05, 4.69) is 28.0 Å². The molecule has 1 aliphatic heterocycles. The van der Waals surface area contributed by atoms with Crippen LogP contribution in [0.4, 0.5) is 5.82 Å². The minimum absolute atomic E-state index is 0.229. The quantitative estimate of drug-likeness (QED) is 0.735. The first-order valence-electron chi connectivity index (χ1n) is 8.77. The van der Waals surface area contributed by atoms with Gasteiger partial charge in [0.25, 0.3) is 0 Å². The number of anilines is 1. The minimum atomic E-state index is 0.229. The summed E-state index contributed by atoms with van der Waals surface area (Å²) in [5.74, 6) is 2.68. The fourth-order valence-corrected chi connectivity index (χ4v) is 3.39. The number of rotatable bonds is 3. The third-order valence-electron chi connectivity index (χ3n) is 4.73. The number of aromatic nitrogens is 4. The Bertz CT molecular complexity index is 879. The van der Waals surface area contributed by atoms with Gasteiger partial charge in [0.15, 0.2) is 5.82 Å². The van der Waals surface area contributed by atoms with Crippen molar-refractivity contribution >= 4 is 11.3 Å². The second kappa shape index (κ2) is 6.35. The zero-order valence-corrected chi connectivity index (χ0v) is 14.9. The van der Waals surface area contributed by atoms with Crippen molar-refractivity contribution in [1.29, 1.82) is 0 Å². The lowest BCUT2D eigenvalue weighted by molar-refractivity contribution is 0.170. The molecule has 4 rings (SSSR count). The van der Waals surface area contributed by atoms with Crippen molar-refractivity contribution in [2.45, 2.75) is 39.7 Å². The molecular weight excluding hydrogens is 314 g/mol. The van der Waals surface area contributed by atoms with Crippen molar-refractivity contribution in [3.63, 3.8) is 0 Å². The third kappa shape index (κ3) is 3.16. The average Bonchev–Trinajstić information content (AvgIpc) is 2.98. The summed E-state index contributed by atoms with van der Waals surface area (Å²) in [5, 5.41) is 4.48. The molecular formula is C19H23N5O. The third-order valence-corrected chi connectivity index (χ3v) is 4.73. The number of fused-ring (bicyclic) bond motifs is 1. The molecule has 0 unspecified atom stereocenters. The first kappa shape index (κ1) is 15.9. The van der Waals surface area contributed by atoms with Crippen molar-refractivity contribution in [3.8, 4) is 5.75 Å². The maximum atomic E-state index is 6.09. The van der Waals surface area contributed by atoms with Crippen molar-refractivity contribution in [2.24, 2.45) is 0 Å². The van der Waals surface area contributed by atoms with Crippen molar-refractivity contribution in [2.75, 3.05) is 18.0 Å². The Labute approximate surface area is 147 Å². The molecule has 0 N–H and O–H groups in total. The van der Waals surface area contributed by atoms with Gasteiger partial charge in [-0.05, 0) is 44.5 Å². The second-order valence-corrected chi connectivity index (χ2v) is 6.71. The van der Waals surface area contributed by atoms with E-state index in [1.807, 2.05) is 42.9 Å². The van der Waals surface area contributed by atoms with E-state index < -0.39 is 0 Å². The molecule has 0 amide bonds. The molecule has 25 heavy (non-hydrogen) atoms. The molecule has 0 aromatic carbocycles. The van der Waals surface area contributed by atoms with Crippen molar-refractivity contribution < 1.29 is 4.74 Å². The largest absolute Gasteiger partial charge is 0.489 e. The molecule has 3 aromatic heterocycles. The van der Waals surface area contributed by atoms with E-state index in [9.17, 15) is 0 Å². The van der Waals surface area contributed by atoms with E-state index in [1.165, 1.54) is 5.56 Å². The highest BCUT2D eigenvalue weighted by Crippen LogP contribution is 2.27. The van der Waals surface area contributed by atoms with Crippen molar-refractivity contribution in [1.82, 2.24) is 19.6 Å². The first-order valence-corrected chi connectivity index (χ1v) is 8.77. The van der Waals surface area contributed by atoms with E-state index in [0.29, 0.717) is 0 Å². The summed E-state index contributed by atoms with van der Waals surface area (Å²) in [6, 6.07) is 6.07. The lowest BCUT2D eigenvalue weighted by Crippen LogP contribution is -2.39. The summed E-state index contributed by atoms with van der Waals surface area (Å²) in [5.41, 5.74) is 3.32. The fourth-order valence-electron chi connectivity index (χ4n) is 3.39. The normalized spacial score (nSPS) is 15.7. The van der Waals surface area contributed by atoms with E-state index in [0.717, 1.165) is 54.5 Å². The lowest BCUT2D eigenvalue weighted by atomic mass is 10.1.